The second-order valence-electron chi connectivity index (χ2n) is 24.2. The summed E-state index contributed by atoms with van der Waals surface area (Å²) in [5.41, 5.74) is 17.1. The molecule has 0 spiro atoms. The Morgan fingerprint density at radius 2 is 0.490 bits per heavy atom. The first-order chi connectivity index (χ1) is 49.0. The van der Waals surface area contributed by atoms with Crippen molar-refractivity contribution in [2.45, 2.75) is 0 Å². The van der Waals surface area contributed by atoms with E-state index in [4.69, 9.17) is 8.83 Å². The van der Waals surface area contributed by atoms with E-state index in [0.29, 0.717) is 0 Å². The molecule has 0 unspecified atom stereocenters. The van der Waals surface area contributed by atoms with Crippen LogP contribution < -0.4 is 15.1 Å². The number of halogens is 2. The number of nitrogens with zero attached hydrogens (tertiary/aromatic N) is 2. The summed E-state index contributed by atoms with van der Waals surface area (Å²) in [6.07, 6.45) is 0. The predicted octanol–water partition coefficient (Wildman–Crippen LogP) is 28.5. The van der Waals surface area contributed by atoms with Crippen LogP contribution in [0.5, 0.6) is 0 Å². The van der Waals surface area contributed by atoms with Crippen LogP contribution in [-0.2, 0) is 0 Å². The summed E-state index contributed by atoms with van der Waals surface area (Å²) < 4.78 is 16.1. The fraction of sp³-hybridized carbons (Fsp3) is 0. The minimum absolute atomic E-state index is 0. The molecule has 16 aromatic carbocycles. The average molecular weight is 1420 g/mol. The number of para-hydroxylation sites is 6. The predicted molar refractivity (Wildman–Crippen MR) is 432 cm³/mol. The van der Waals surface area contributed by atoms with Gasteiger partial charge >= 0.3 is 0 Å². The quantitative estimate of drug-likeness (QED) is 0.0976. The molecule has 0 aliphatic rings. The summed E-state index contributed by atoms with van der Waals surface area (Å²) in [4.78, 5) is 4.64. The molecule has 18 aromatic rings. The van der Waals surface area contributed by atoms with Crippen LogP contribution in [0, 0.1) is 7.43 Å². The normalized spacial score (nSPS) is 11.0. The number of furan rings is 2. The maximum Gasteiger partial charge on any atom is 0.144 e. The second kappa shape index (κ2) is 29.0. The van der Waals surface area contributed by atoms with E-state index in [1.54, 1.807) is 0 Å². The largest absolute Gasteiger partial charge is 0.455 e. The van der Waals surface area contributed by atoms with E-state index in [2.05, 4.69) is 356 Å². The van der Waals surface area contributed by atoms with Gasteiger partial charge in [0.1, 0.15) is 22.7 Å². The first-order valence-electron chi connectivity index (χ1n) is 33.1. The van der Waals surface area contributed by atoms with Crippen molar-refractivity contribution in [2.24, 2.45) is 0 Å². The van der Waals surface area contributed by atoms with Crippen LogP contribution in [0.2, 0.25) is 0 Å². The smallest absolute Gasteiger partial charge is 0.144 e. The monoisotopic (exact) mass is 1410 g/mol. The molecule has 2 aromatic heterocycles. The Bertz CT molecular complexity index is 5690. The lowest BCUT2D eigenvalue weighted by molar-refractivity contribution is 0.635. The average Bonchev–Trinajstić information content (AvgIpc) is 1.49. The lowest BCUT2D eigenvalue weighted by Crippen LogP contribution is -2.10. The van der Waals surface area contributed by atoms with Crippen molar-refractivity contribution in [1.82, 2.24) is 0 Å². The number of fused-ring (bicyclic) bond motifs is 12. The van der Waals surface area contributed by atoms with Crippen LogP contribution in [0.4, 0.5) is 45.5 Å². The maximum absolute atomic E-state index is 7.24. The topological polar surface area (TPSA) is 44.8 Å². The maximum atomic E-state index is 7.24. The summed E-state index contributed by atoms with van der Waals surface area (Å²) in [5.74, 6) is 1.76. The minimum Gasteiger partial charge on any atom is -0.455 e. The summed E-state index contributed by atoms with van der Waals surface area (Å²) in [5, 5.41) is 14.7. The van der Waals surface area contributed by atoms with Gasteiger partial charge in [-0.1, -0.05) is 287 Å². The molecule has 0 aliphatic carbocycles. The van der Waals surface area contributed by atoms with Crippen LogP contribution >= 0.6 is 31.9 Å². The van der Waals surface area contributed by atoms with Crippen LogP contribution in [0.3, 0.4) is 0 Å². The Kier molecular flexibility index (Phi) is 18.6. The van der Waals surface area contributed by atoms with Crippen molar-refractivity contribution in [2.75, 3.05) is 15.1 Å². The van der Waals surface area contributed by atoms with Crippen LogP contribution in [0.25, 0.3) is 110 Å². The first-order valence-corrected chi connectivity index (χ1v) is 34.7. The molecule has 0 bridgehead atoms. The molecule has 2 heterocycles. The van der Waals surface area contributed by atoms with Crippen molar-refractivity contribution in [3.05, 3.63) is 392 Å². The van der Waals surface area contributed by atoms with Gasteiger partial charge in [0, 0.05) is 98.2 Å². The third-order valence-corrected chi connectivity index (χ3v) is 19.0. The molecule has 0 amide bonds. The molecular formula is C93H66Br2N3O2-. The van der Waals surface area contributed by atoms with Crippen LogP contribution in [-0.4, -0.2) is 0 Å². The zero-order chi connectivity index (χ0) is 66.4. The third-order valence-electron chi connectivity index (χ3n) is 18.0. The van der Waals surface area contributed by atoms with Gasteiger partial charge in [-0.25, -0.2) is 0 Å². The highest BCUT2D eigenvalue weighted by Gasteiger charge is 2.27. The lowest BCUT2D eigenvalue weighted by atomic mass is 9.91. The molecule has 480 valence electrons. The van der Waals surface area contributed by atoms with Gasteiger partial charge in [0.25, 0.3) is 0 Å². The molecule has 0 fully saturated rings. The van der Waals surface area contributed by atoms with Gasteiger partial charge in [0.05, 0.1) is 0 Å². The number of anilines is 8. The van der Waals surface area contributed by atoms with E-state index in [9.17, 15) is 0 Å². The first kappa shape index (κ1) is 64.0. The van der Waals surface area contributed by atoms with E-state index in [1.165, 1.54) is 21.5 Å². The molecule has 0 atom stereocenters. The SMILES string of the molecule is Brc1ccc2c3ccc(Br)cc3c3c(-c4ccccc4)c(-c4ccccc4)oc3c2c1.[CH3-].c1ccc(-c2oc3c4cc(N(c5ccccc5)c5ccccc5)ccc4c4ccc(N(c5ccccc5)c5ccccc5)cc4c3c2-c2ccccc2)cc1.c1ccc(Nc2ccccc2)cc1. The number of rotatable bonds is 12. The zero-order valence-corrected chi connectivity index (χ0v) is 57.9. The summed E-state index contributed by atoms with van der Waals surface area (Å²) in [7, 11) is 0. The molecule has 7 heteroatoms. The standard InChI is InChI=1S/C52H36N2O.C28H16Br2O.C12H11N.CH3/c1-7-19-37(20-8-1)49-50-47-35-43(53(39-23-11-3-12-24-39)40-25-13-4-14-26-40)31-33-45(47)46-34-32-44(36-48(46)52(50)55-51(49)38-21-9-2-10-22-38)54(41-27-15-5-16-28-41)42-29-17-6-18-30-42;29-19-11-13-21-22-14-12-20(30)16-24(22)28-26(23(21)15-19)25(17-7-3-1-4-8-17)27(31-28)18-9-5-2-6-10-18;1-3-7-11(8-4-1)13-12-9-5-2-6-10-12;/h1-36H;1-16H;1-10,13H;1H3/q;;;-1. The zero-order valence-electron chi connectivity index (χ0n) is 54.8. The van der Waals surface area contributed by atoms with Gasteiger partial charge in [-0.05, 0) is 165 Å². The lowest BCUT2D eigenvalue weighted by Gasteiger charge is -2.26. The van der Waals surface area contributed by atoms with Gasteiger partial charge in [0.2, 0.25) is 0 Å². The second-order valence-corrected chi connectivity index (χ2v) is 26.0. The summed E-state index contributed by atoms with van der Waals surface area (Å²) >= 11 is 7.35. The molecule has 18 rings (SSSR count). The van der Waals surface area contributed by atoms with E-state index in [-0.39, 0.29) is 7.43 Å². The molecule has 0 aliphatic heterocycles. The molecule has 0 saturated heterocycles. The van der Waals surface area contributed by atoms with Crippen molar-refractivity contribution in [3.8, 4) is 44.9 Å². The number of benzene rings is 16. The minimum atomic E-state index is 0. The highest BCUT2D eigenvalue weighted by Crippen LogP contribution is 2.52. The van der Waals surface area contributed by atoms with E-state index < -0.39 is 0 Å². The van der Waals surface area contributed by atoms with Crippen LogP contribution in [0.15, 0.2) is 394 Å². The Morgan fingerprint density at radius 1 is 0.230 bits per heavy atom. The van der Waals surface area contributed by atoms with Crippen molar-refractivity contribution in [1.29, 1.82) is 0 Å². The Morgan fingerprint density at radius 3 is 0.840 bits per heavy atom. The molecular weight excluding hydrogens is 1350 g/mol. The summed E-state index contributed by atoms with van der Waals surface area (Å²) in [6, 6.07) is 131. The number of hydrogen-bond donors (Lipinski definition) is 1. The number of nitrogens with one attached hydrogen (secondary N) is 1. The fourth-order valence-electron chi connectivity index (χ4n) is 13.6. The van der Waals surface area contributed by atoms with Gasteiger partial charge in [-0.3, -0.25) is 0 Å². The van der Waals surface area contributed by atoms with Crippen molar-refractivity contribution >= 4 is 142 Å². The van der Waals surface area contributed by atoms with Gasteiger partial charge in [-0.15, -0.1) is 0 Å². The van der Waals surface area contributed by atoms with Gasteiger partial charge in [-0.2, -0.15) is 0 Å². The Hall–Kier alpha value is -12.0. The van der Waals surface area contributed by atoms with E-state index in [0.717, 1.165) is 143 Å². The molecule has 0 radical (unpaired) electrons. The van der Waals surface area contributed by atoms with Gasteiger partial charge < -0.3 is 31.4 Å². The summed E-state index contributed by atoms with van der Waals surface area (Å²) in [6.45, 7) is 0. The van der Waals surface area contributed by atoms with Gasteiger partial charge in [0.15, 0.2) is 0 Å². The highest BCUT2D eigenvalue weighted by atomic mass is 79.9. The molecule has 1 N–H and O–H groups in total. The molecule has 5 nitrogen and oxygen atoms in total. The van der Waals surface area contributed by atoms with E-state index in [1.807, 2.05) is 66.7 Å². The van der Waals surface area contributed by atoms with E-state index >= 15 is 0 Å². The Balaban J connectivity index is 0.000000150. The van der Waals surface area contributed by atoms with Crippen LogP contribution in [0.1, 0.15) is 0 Å². The molecule has 100 heavy (non-hydrogen) atoms. The fourth-order valence-corrected chi connectivity index (χ4v) is 14.3. The van der Waals surface area contributed by atoms with Crippen molar-refractivity contribution < 1.29 is 8.83 Å². The Labute approximate surface area is 599 Å². The third kappa shape index (κ3) is 12.8. The molecule has 0 saturated carbocycles. The van der Waals surface area contributed by atoms with Crippen molar-refractivity contribution in [3.63, 3.8) is 0 Å². The number of hydrogen-bond acceptors (Lipinski definition) is 5. The highest BCUT2D eigenvalue weighted by molar-refractivity contribution is 9.10.